The fraction of sp³-hybridized carbons (Fsp3) is 0.294. The minimum absolute atomic E-state index is 0.747. The second kappa shape index (κ2) is 6.88. The Hall–Kier alpha value is -2.36. The van der Waals surface area contributed by atoms with Gasteiger partial charge in [-0.25, -0.2) is 0 Å². The number of nitrogen functional groups attached to an aromatic ring is 1. The molecule has 4 heteroatoms. The third kappa shape index (κ3) is 3.81. The number of ether oxygens (including phenoxy) is 2. The van der Waals surface area contributed by atoms with Crippen LogP contribution in [0, 0.1) is 6.92 Å². The fourth-order valence-corrected chi connectivity index (χ4v) is 2.22. The Labute approximate surface area is 125 Å². The van der Waals surface area contributed by atoms with Crippen LogP contribution in [0.4, 0.5) is 11.4 Å². The van der Waals surface area contributed by atoms with E-state index in [9.17, 15) is 0 Å². The number of benzene rings is 2. The molecule has 0 aliphatic rings. The van der Waals surface area contributed by atoms with Gasteiger partial charge in [-0.15, -0.1) is 0 Å². The zero-order valence-corrected chi connectivity index (χ0v) is 12.8. The molecular weight excluding hydrogens is 264 g/mol. The van der Waals surface area contributed by atoms with Gasteiger partial charge < -0.3 is 20.5 Å². The van der Waals surface area contributed by atoms with E-state index in [2.05, 4.69) is 11.4 Å². The molecule has 0 aliphatic carbocycles. The molecule has 0 atom stereocenters. The van der Waals surface area contributed by atoms with E-state index in [-0.39, 0.29) is 0 Å². The Kier molecular flexibility index (Phi) is 4.93. The van der Waals surface area contributed by atoms with Crippen LogP contribution in [-0.2, 0) is 6.42 Å². The standard InChI is InChI=1S/C17H22N2O2/c1-12-4-6-15(14(18)10-12)19-9-8-13-5-7-16(20-2)17(11-13)21-3/h4-7,10-11,19H,8-9,18H2,1-3H3. The molecule has 0 spiro atoms. The van der Waals surface area contributed by atoms with Gasteiger partial charge in [-0.2, -0.15) is 0 Å². The van der Waals surface area contributed by atoms with E-state index < -0.39 is 0 Å². The lowest BCUT2D eigenvalue weighted by molar-refractivity contribution is 0.354. The Balaban J connectivity index is 1.97. The van der Waals surface area contributed by atoms with Gasteiger partial charge in [0.2, 0.25) is 0 Å². The van der Waals surface area contributed by atoms with Crippen molar-refractivity contribution in [2.24, 2.45) is 0 Å². The van der Waals surface area contributed by atoms with Gasteiger partial charge in [-0.1, -0.05) is 12.1 Å². The first kappa shape index (κ1) is 15.0. The maximum Gasteiger partial charge on any atom is 0.160 e. The Morgan fingerprint density at radius 1 is 1.00 bits per heavy atom. The van der Waals surface area contributed by atoms with E-state index in [1.807, 2.05) is 37.3 Å². The van der Waals surface area contributed by atoms with Crippen molar-refractivity contribution < 1.29 is 9.47 Å². The lowest BCUT2D eigenvalue weighted by Gasteiger charge is -2.12. The first-order valence-corrected chi connectivity index (χ1v) is 6.95. The van der Waals surface area contributed by atoms with Crippen molar-refractivity contribution in [1.82, 2.24) is 0 Å². The number of methoxy groups -OCH3 is 2. The molecule has 0 aliphatic heterocycles. The van der Waals surface area contributed by atoms with Crippen LogP contribution in [-0.4, -0.2) is 20.8 Å². The van der Waals surface area contributed by atoms with E-state index in [1.165, 1.54) is 5.56 Å². The molecule has 0 saturated heterocycles. The Bertz CT molecular complexity index is 612. The van der Waals surface area contributed by atoms with Crippen LogP contribution in [0.25, 0.3) is 0 Å². The molecule has 112 valence electrons. The highest BCUT2D eigenvalue weighted by molar-refractivity contribution is 5.66. The van der Waals surface area contributed by atoms with Crippen LogP contribution >= 0.6 is 0 Å². The van der Waals surface area contributed by atoms with Gasteiger partial charge in [0.05, 0.1) is 25.6 Å². The van der Waals surface area contributed by atoms with Crippen LogP contribution < -0.4 is 20.5 Å². The predicted octanol–water partition coefficient (Wildman–Crippen LogP) is 3.25. The second-order valence-corrected chi connectivity index (χ2v) is 4.96. The summed E-state index contributed by atoms with van der Waals surface area (Å²) in [6.07, 6.45) is 0.883. The fourth-order valence-electron chi connectivity index (χ4n) is 2.22. The SMILES string of the molecule is COc1ccc(CCNc2ccc(C)cc2N)cc1OC. The van der Waals surface area contributed by atoms with Gasteiger partial charge in [0.15, 0.2) is 11.5 Å². The molecule has 2 aromatic rings. The minimum Gasteiger partial charge on any atom is -0.493 e. The molecule has 0 heterocycles. The predicted molar refractivity (Wildman–Crippen MR) is 87.3 cm³/mol. The summed E-state index contributed by atoms with van der Waals surface area (Å²) in [4.78, 5) is 0. The van der Waals surface area contributed by atoms with Crippen molar-refractivity contribution in [3.8, 4) is 11.5 Å². The zero-order valence-electron chi connectivity index (χ0n) is 12.8. The average Bonchev–Trinajstić information content (AvgIpc) is 2.49. The summed E-state index contributed by atoms with van der Waals surface area (Å²) in [6.45, 7) is 2.84. The lowest BCUT2D eigenvalue weighted by atomic mass is 10.1. The molecule has 2 aromatic carbocycles. The second-order valence-electron chi connectivity index (χ2n) is 4.96. The molecule has 3 N–H and O–H groups in total. The van der Waals surface area contributed by atoms with Crippen LogP contribution in [0.15, 0.2) is 36.4 Å². The minimum atomic E-state index is 0.747. The van der Waals surface area contributed by atoms with Crippen molar-refractivity contribution in [3.05, 3.63) is 47.5 Å². The van der Waals surface area contributed by atoms with Crippen molar-refractivity contribution in [2.75, 3.05) is 31.8 Å². The van der Waals surface area contributed by atoms with E-state index in [4.69, 9.17) is 15.2 Å². The van der Waals surface area contributed by atoms with Crippen LogP contribution in [0.2, 0.25) is 0 Å². The smallest absolute Gasteiger partial charge is 0.160 e. The number of nitrogens with two attached hydrogens (primary N) is 1. The summed E-state index contributed by atoms with van der Waals surface area (Å²) >= 11 is 0. The number of hydrogen-bond donors (Lipinski definition) is 2. The van der Waals surface area contributed by atoms with Crippen molar-refractivity contribution in [1.29, 1.82) is 0 Å². The third-order valence-electron chi connectivity index (χ3n) is 3.38. The van der Waals surface area contributed by atoms with Crippen LogP contribution in [0.5, 0.6) is 11.5 Å². The van der Waals surface area contributed by atoms with Gasteiger partial charge in [0, 0.05) is 6.54 Å². The quantitative estimate of drug-likeness (QED) is 0.800. The van der Waals surface area contributed by atoms with Crippen LogP contribution in [0.3, 0.4) is 0 Å². The molecule has 0 fully saturated rings. The molecule has 21 heavy (non-hydrogen) atoms. The molecule has 0 amide bonds. The number of hydrogen-bond acceptors (Lipinski definition) is 4. The summed E-state index contributed by atoms with van der Waals surface area (Å²) < 4.78 is 10.5. The molecule has 0 aromatic heterocycles. The summed E-state index contributed by atoms with van der Waals surface area (Å²) in [5, 5.41) is 3.36. The van der Waals surface area contributed by atoms with Crippen molar-refractivity contribution >= 4 is 11.4 Å². The van der Waals surface area contributed by atoms with Crippen molar-refractivity contribution in [3.63, 3.8) is 0 Å². The maximum atomic E-state index is 5.99. The largest absolute Gasteiger partial charge is 0.493 e. The number of anilines is 2. The van der Waals surface area contributed by atoms with E-state index in [0.717, 1.165) is 41.4 Å². The zero-order chi connectivity index (χ0) is 15.2. The first-order chi connectivity index (χ1) is 10.1. The van der Waals surface area contributed by atoms with Crippen LogP contribution in [0.1, 0.15) is 11.1 Å². The maximum absolute atomic E-state index is 5.99. The van der Waals surface area contributed by atoms with Crippen molar-refractivity contribution in [2.45, 2.75) is 13.3 Å². The average molecular weight is 286 g/mol. The number of aryl methyl sites for hydroxylation is 1. The monoisotopic (exact) mass is 286 g/mol. The van der Waals surface area contributed by atoms with Gasteiger partial charge in [-0.05, 0) is 48.7 Å². The van der Waals surface area contributed by atoms with Gasteiger partial charge in [-0.3, -0.25) is 0 Å². The normalized spacial score (nSPS) is 10.2. The van der Waals surface area contributed by atoms with E-state index in [1.54, 1.807) is 14.2 Å². The van der Waals surface area contributed by atoms with Gasteiger partial charge in [0.25, 0.3) is 0 Å². The van der Waals surface area contributed by atoms with E-state index in [0.29, 0.717) is 0 Å². The molecule has 0 saturated carbocycles. The molecule has 0 radical (unpaired) electrons. The first-order valence-electron chi connectivity index (χ1n) is 6.95. The molecule has 0 unspecified atom stereocenters. The van der Waals surface area contributed by atoms with Gasteiger partial charge in [0.1, 0.15) is 0 Å². The highest BCUT2D eigenvalue weighted by Gasteiger charge is 2.05. The Morgan fingerprint density at radius 2 is 1.76 bits per heavy atom. The van der Waals surface area contributed by atoms with Gasteiger partial charge >= 0.3 is 0 Å². The number of rotatable bonds is 6. The summed E-state index contributed by atoms with van der Waals surface area (Å²) in [7, 11) is 3.28. The Morgan fingerprint density at radius 3 is 2.43 bits per heavy atom. The molecule has 2 rings (SSSR count). The highest BCUT2D eigenvalue weighted by Crippen LogP contribution is 2.27. The molecular formula is C17H22N2O2. The topological polar surface area (TPSA) is 56.5 Å². The van der Waals surface area contributed by atoms with E-state index >= 15 is 0 Å². The number of nitrogens with one attached hydrogen (secondary N) is 1. The molecule has 4 nitrogen and oxygen atoms in total. The highest BCUT2D eigenvalue weighted by atomic mass is 16.5. The summed E-state index contributed by atoms with van der Waals surface area (Å²) in [5.41, 5.74) is 10.1. The third-order valence-corrected chi connectivity index (χ3v) is 3.38. The summed E-state index contributed by atoms with van der Waals surface area (Å²) in [5.74, 6) is 1.50. The summed E-state index contributed by atoms with van der Waals surface area (Å²) in [6, 6.07) is 12.0. The lowest BCUT2D eigenvalue weighted by Crippen LogP contribution is -2.07. The molecule has 0 bridgehead atoms.